The Hall–Kier alpha value is -0.800. The van der Waals surface area contributed by atoms with Gasteiger partial charge in [0.05, 0.1) is 5.60 Å². The molecule has 1 fully saturated rings. The number of carbonyl (C=O) groups excluding carboxylic acids is 1. The minimum atomic E-state index is -6.09. The molecule has 1 rings (SSSR count). The van der Waals surface area contributed by atoms with Gasteiger partial charge in [0, 0.05) is 5.92 Å². The molecule has 1 N–H and O–H groups in total. The van der Waals surface area contributed by atoms with E-state index in [4.69, 9.17) is 0 Å². The highest BCUT2D eigenvalue weighted by atomic mass is 32.2. The lowest BCUT2D eigenvalue weighted by molar-refractivity contribution is -0.164. The average molecular weight is 273 g/mol. The van der Waals surface area contributed by atoms with E-state index in [1.807, 2.05) is 0 Å². The first-order valence-electron chi connectivity index (χ1n) is 4.64. The third kappa shape index (κ3) is 2.90. The second kappa shape index (κ2) is 3.85. The number of carbonyl (C=O) groups is 1. The van der Waals surface area contributed by atoms with Crippen LogP contribution >= 0.6 is 0 Å². The van der Waals surface area contributed by atoms with E-state index in [9.17, 15) is 31.7 Å². The Morgan fingerprint density at radius 2 is 1.94 bits per heavy atom. The SMILES string of the molecule is CC(C)(O)C1CC1OC(=O)C(F)(F)S(=O)(=O)[O-]. The van der Waals surface area contributed by atoms with E-state index >= 15 is 0 Å². The first-order valence-corrected chi connectivity index (χ1v) is 6.05. The van der Waals surface area contributed by atoms with Gasteiger partial charge < -0.3 is 14.4 Å². The largest absolute Gasteiger partial charge is 0.743 e. The van der Waals surface area contributed by atoms with Crippen molar-refractivity contribution in [2.24, 2.45) is 5.92 Å². The molecule has 9 heteroatoms. The molecule has 1 saturated carbocycles. The van der Waals surface area contributed by atoms with Crippen molar-refractivity contribution in [1.29, 1.82) is 0 Å². The van der Waals surface area contributed by atoms with Crippen LogP contribution in [0, 0.1) is 5.92 Å². The predicted molar refractivity (Wildman–Crippen MR) is 48.9 cm³/mol. The third-order valence-corrected chi connectivity index (χ3v) is 3.24. The van der Waals surface area contributed by atoms with Gasteiger partial charge in [-0.1, -0.05) is 0 Å². The standard InChI is InChI=1S/C8H12F2O6S/c1-7(2,12)4-3-5(4)16-6(11)8(9,10)17(13,14)15/h4-5,12H,3H2,1-2H3,(H,13,14,15)/p-1. The second-order valence-corrected chi connectivity index (χ2v) is 5.83. The second-order valence-electron chi connectivity index (χ2n) is 4.41. The van der Waals surface area contributed by atoms with Crippen LogP contribution in [-0.4, -0.2) is 41.0 Å². The van der Waals surface area contributed by atoms with Crippen molar-refractivity contribution in [2.45, 2.75) is 37.2 Å². The van der Waals surface area contributed by atoms with Gasteiger partial charge in [-0.3, -0.25) is 0 Å². The van der Waals surface area contributed by atoms with Crippen molar-refractivity contribution in [3.8, 4) is 0 Å². The van der Waals surface area contributed by atoms with E-state index < -0.39 is 39.0 Å². The summed E-state index contributed by atoms with van der Waals surface area (Å²) in [5.74, 6) is -2.94. The van der Waals surface area contributed by atoms with Crippen molar-refractivity contribution in [2.75, 3.05) is 0 Å². The minimum absolute atomic E-state index is 0.143. The zero-order valence-corrected chi connectivity index (χ0v) is 9.83. The molecule has 17 heavy (non-hydrogen) atoms. The molecule has 0 aromatic rings. The summed E-state index contributed by atoms with van der Waals surface area (Å²) >= 11 is 0. The lowest BCUT2D eigenvalue weighted by atomic mass is 10.0. The first-order chi connectivity index (χ1) is 7.37. The molecule has 0 radical (unpaired) electrons. The molecular formula is C8H11F2O6S-. The number of ether oxygens (including phenoxy) is 1. The zero-order chi connectivity index (χ0) is 13.6. The Bertz CT molecular complexity index is 424. The summed E-state index contributed by atoms with van der Waals surface area (Å²) in [6.07, 6.45) is -0.848. The minimum Gasteiger partial charge on any atom is -0.743 e. The van der Waals surface area contributed by atoms with Crippen LogP contribution in [0.5, 0.6) is 0 Å². The Kier molecular flexibility index (Phi) is 3.23. The van der Waals surface area contributed by atoms with Crippen LogP contribution in [0.3, 0.4) is 0 Å². The van der Waals surface area contributed by atoms with E-state index in [2.05, 4.69) is 4.74 Å². The molecule has 1 aliphatic rings. The number of esters is 1. The predicted octanol–water partition coefficient (Wildman–Crippen LogP) is -0.173. The molecule has 0 heterocycles. The van der Waals surface area contributed by atoms with E-state index in [0.29, 0.717) is 0 Å². The fourth-order valence-electron chi connectivity index (χ4n) is 1.35. The summed E-state index contributed by atoms with van der Waals surface area (Å²) in [4.78, 5) is 10.8. The Balaban J connectivity index is 2.65. The van der Waals surface area contributed by atoms with Gasteiger partial charge in [0.15, 0.2) is 10.1 Å². The van der Waals surface area contributed by atoms with Crippen molar-refractivity contribution in [3.05, 3.63) is 0 Å². The van der Waals surface area contributed by atoms with E-state index in [-0.39, 0.29) is 6.42 Å². The van der Waals surface area contributed by atoms with Crippen LogP contribution < -0.4 is 0 Å². The van der Waals surface area contributed by atoms with Gasteiger partial charge >= 0.3 is 11.2 Å². The molecule has 0 bridgehead atoms. The topological polar surface area (TPSA) is 104 Å². The Morgan fingerprint density at radius 3 is 2.24 bits per heavy atom. The summed E-state index contributed by atoms with van der Waals surface area (Å²) in [7, 11) is -6.09. The van der Waals surface area contributed by atoms with Crippen LogP contribution in [0.2, 0.25) is 0 Å². The fourth-order valence-corrected chi connectivity index (χ4v) is 1.61. The summed E-state index contributed by atoms with van der Waals surface area (Å²) in [5.41, 5.74) is -1.23. The molecule has 0 aromatic carbocycles. The van der Waals surface area contributed by atoms with E-state index in [1.54, 1.807) is 0 Å². The highest BCUT2D eigenvalue weighted by Gasteiger charge is 2.55. The maximum Gasteiger partial charge on any atom is 0.428 e. The first kappa shape index (κ1) is 14.3. The van der Waals surface area contributed by atoms with Gasteiger partial charge in [0.1, 0.15) is 6.10 Å². The van der Waals surface area contributed by atoms with E-state index in [1.165, 1.54) is 13.8 Å². The maximum absolute atomic E-state index is 12.7. The molecule has 2 atom stereocenters. The average Bonchev–Trinajstić information content (AvgIpc) is 2.80. The summed E-state index contributed by atoms with van der Waals surface area (Å²) in [5, 5.41) is 4.35. The lowest BCUT2D eigenvalue weighted by Gasteiger charge is -2.20. The van der Waals surface area contributed by atoms with Gasteiger partial charge in [0.25, 0.3) is 0 Å². The molecule has 100 valence electrons. The molecule has 0 aromatic heterocycles. The van der Waals surface area contributed by atoms with Crippen molar-refractivity contribution < 1.29 is 36.4 Å². The number of hydrogen-bond acceptors (Lipinski definition) is 6. The summed E-state index contributed by atoms with van der Waals surface area (Å²) < 4.78 is 59.9. The van der Waals surface area contributed by atoms with Gasteiger partial charge in [-0.25, -0.2) is 13.2 Å². The number of rotatable bonds is 4. The molecule has 1 aliphatic carbocycles. The molecule has 0 aliphatic heterocycles. The molecule has 0 saturated heterocycles. The lowest BCUT2D eigenvalue weighted by Crippen LogP contribution is -2.40. The van der Waals surface area contributed by atoms with Crippen molar-refractivity contribution in [1.82, 2.24) is 0 Å². The zero-order valence-electron chi connectivity index (χ0n) is 9.01. The highest BCUT2D eigenvalue weighted by Crippen LogP contribution is 2.43. The quantitative estimate of drug-likeness (QED) is 0.563. The normalized spacial score (nSPS) is 25.5. The Labute approximate surface area is 96.3 Å². The molecular weight excluding hydrogens is 262 g/mol. The van der Waals surface area contributed by atoms with E-state index in [0.717, 1.165) is 0 Å². The number of hydrogen-bond donors (Lipinski definition) is 1. The van der Waals surface area contributed by atoms with Crippen LogP contribution in [0.15, 0.2) is 0 Å². The molecule has 0 amide bonds. The van der Waals surface area contributed by atoms with Gasteiger partial charge in [0.2, 0.25) is 0 Å². The van der Waals surface area contributed by atoms with Gasteiger partial charge in [-0.2, -0.15) is 8.78 Å². The van der Waals surface area contributed by atoms with Crippen LogP contribution in [0.25, 0.3) is 0 Å². The van der Waals surface area contributed by atoms with Gasteiger partial charge in [-0.15, -0.1) is 0 Å². The Morgan fingerprint density at radius 1 is 1.47 bits per heavy atom. The molecule has 2 unspecified atom stereocenters. The smallest absolute Gasteiger partial charge is 0.428 e. The molecule has 6 nitrogen and oxygen atoms in total. The fraction of sp³-hybridized carbons (Fsp3) is 0.875. The monoisotopic (exact) mass is 273 g/mol. The highest BCUT2D eigenvalue weighted by molar-refractivity contribution is 7.87. The third-order valence-electron chi connectivity index (χ3n) is 2.45. The van der Waals surface area contributed by atoms with Crippen molar-refractivity contribution >= 4 is 16.1 Å². The van der Waals surface area contributed by atoms with Crippen molar-refractivity contribution in [3.63, 3.8) is 0 Å². The number of halogens is 2. The van der Waals surface area contributed by atoms with Crippen LogP contribution in [-0.2, 0) is 19.6 Å². The maximum atomic E-state index is 12.7. The number of aliphatic hydroxyl groups is 1. The summed E-state index contributed by atoms with van der Waals surface area (Å²) in [6, 6.07) is 0. The molecule has 0 spiro atoms. The van der Waals surface area contributed by atoms with Gasteiger partial charge in [-0.05, 0) is 20.3 Å². The summed E-state index contributed by atoms with van der Waals surface area (Å²) in [6.45, 7) is 2.79. The van der Waals surface area contributed by atoms with Crippen LogP contribution in [0.1, 0.15) is 20.3 Å². The van der Waals surface area contributed by atoms with Crippen LogP contribution in [0.4, 0.5) is 8.78 Å². The number of alkyl halides is 2.